The first kappa shape index (κ1) is 15.2. The van der Waals surface area contributed by atoms with E-state index in [1.807, 2.05) is 32.9 Å². The first-order chi connectivity index (χ1) is 9.06. The molecule has 0 fully saturated rings. The summed E-state index contributed by atoms with van der Waals surface area (Å²) in [6.45, 7) is 6.41. The lowest BCUT2D eigenvalue weighted by Crippen LogP contribution is -2.27. The number of nitriles is 2. The van der Waals surface area contributed by atoms with Crippen LogP contribution >= 0.6 is 0 Å². The molecule has 4 heteroatoms. The molecule has 0 spiro atoms. The fourth-order valence-electron chi connectivity index (χ4n) is 1.75. The van der Waals surface area contributed by atoms with E-state index in [1.54, 1.807) is 0 Å². The molecule has 0 aromatic heterocycles. The van der Waals surface area contributed by atoms with Crippen LogP contribution in [-0.4, -0.2) is 12.1 Å². The highest BCUT2D eigenvalue weighted by atomic mass is 14.9. The highest BCUT2D eigenvalue weighted by Gasteiger charge is 2.08. The molecule has 19 heavy (non-hydrogen) atoms. The summed E-state index contributed by atoms with van der Waals surface area (Å²) in [5.74, 6) is 0. The molecule has 0 amide bonds. The van der Waals surface area contributed by atoms with Crippen LogP contribution < -0.4 is 10.6 Å². The van der Waals surface area contributed by atoms with Crippen molar-refractivity contribution in [3.8, 4) is 12.1 Å². The Morgan fingerprint density at radius 1 is 1.00 bits per heavy atom. The normalized spacial score (nSPS) is 15.0. The van der Waals surface area contributed by atoms with E-state index in [9.17, 15) is 0 Å². The summed E-state index contributed by atoms with van der Waals surface area (Å²) in [5, 5.41) is 23.8. The third-order valence-electron chi connectivity index (χ3n) is 2.98. The van der Waals surface area contributed by atoms with Crippen LogP contribution in [0, 0.1) is 22.7 Å². The topological polar surface area (TPSA) is 71.6 Å². The minimum Gasteiger partial charge on any atom is -0.298 e. The molecule has 0 heterocycles. The Labute approximate surface area is 115 Å². The molecular formula is C15H20N4. The summed E-state index contributed by atoms with van der Waals surface area (Å²) in [6, 6.07) is 12.3. The molecule has 1 aromatic carbocycles. The van der Waals surface area contributed by atoms with E-state index in [0.29, 0.717) is 6.54 Å². The fraction of sp³-hybridized carbons (Fsp3) is 0.467. The largest absolute Gasteiger partial charge is 0.298 e. The number of nitrogens with zero attached hydrogens (tertiary/aromatic N) is 2. The fourth-order valence-corrected chi connectivity index (χ4v) is 1.75. The zero-order chi connectivity index (χ0) is 14.3. The van der Waals surface area contributed by atoms with Crippen LogP contribution in [0.1, 0.15) is 37.9 Å². The van der Waals surface area contributed by atoms with E-state index in [2.05, 4.69) is 34.9 Å². The van der Waals surface area contributed by atoms with Gasteiger partial charge in [-0.2, -0.15) is 10.5 Å². The summed E-state index contributed by atoms with van der Waals surface area (Å²) >= 11 is 0. The third kappa shape index (κ3) is 5.09. The molecule has 0 aliphatic carbocycles. The Balaban J connectivity index is 2.57. The van der Waals surface area contributed by atoms with Crippen molar-refractivity contribution in [2.75, 3.05) is 0 Å². The molecule has 3 atom stereocenters. The van der Waals surface area contributed by atoms with Gasteiger partial charge in [0.1, 0.15) is 0 Å². The second-order valence-corrected chi connectivity index (χ2v) is 4.71. The average molecular weight is 256 g/mol. The Hall–Kier alpha value is -1.88. The Bertz CT molecular complexity index is 466. The van der Waals surface area contributed by atoms with Crippen molar-refractivity contribution in [1.82, 2.24) is 10.6 Å². The van der Waals surface area contributed by atoms with Gasteiger partial charge in [0.15, 0.2) is 0 Å². The Kier molecular flexibility index (Phi) is 6.02. The van der Waals surface area contributed by atoms with Gasteiger partial charge in [0.2, 0.25) is 0 Å². The van der Waals surface area contributed by atoms with E-state index in [4.69, 9.17) is 10.5 Å². The Morgan fingerprint density at radius 2 is 1.58 bits per heavy atom. The number of benzene rings is 1. The van der Waals surface area contributed by atoms with Gasteiger partial charge in [-0.3, -0.25) is 10.6 Å². The molecule has 1 rings (SSSR count). The van der Waals surface area contributed by atoms with E-state index in [1.165, 1.54) is 0 Å². The first-order valence-electron chi connectivity index (χ1n) is 6.44. The molecule has 0 radical (unpaired) electrons. The molecule has 0 saturated heterocycles. The average Bonchev–Trinajstić information content (AvgIpc) is 2.44. The van der Waals surface area contributed by atoms with Gasteiger partial charge in [-0.05, 0) is 31.9 Å². The maximum atomic E-state index is 8.77. The molecule has 0 bridgehead atoms. The van der Waals surface area contributed by atoms with Crippen molar-refractivity contribution in [3.63, 3.8) is 0 Å². The van der Waals surface area contributed by atoms with Gasteiger partial charge in [0.05, 0.1) is 24.2 Å². The van der Waals surface area contributed by atoms with Gasteiger partial charge in [-0.15, -0.1) is 0 Å². The summed E-state index contributed by atoms with van der Waals surface area (Å²) < 4.78 is 0. The zero-order valence-corrected chi connectivity index (χ0v) is 11.6. The van der Waals surface area contributed by atoms with E-state index in [0.717, 1.165) is 11.1 Å². The number of rotatable bonds is 6. The van der Waals surface area contributed by atoms with E-state index in [-0.39, 0.29) is 18.1 Å². The second kappa shape index (κ2) is 7.53. The monoisotopic (exact) mass is 256 g/mol. The number of hydrogen-bond donors (Lipinski definition) is 2. The minimum atomic E-state index is -0.159. The quantitative estimate of drug-likeness (QED) is 0.819. The highest BCUT2D eigenvalue weighted by molar-refractivity contribution is 5.25. The van der Waals surface area contributed by atoms with Gasteiger partial charge in [-0.25, -0.2) is 0 Å². The Morgan fingerprint density at radius 3 is 2.11 bits per heavy atom. The number of hydrogen-bond acceptors (Lipinski definition) is 4. The van der Waals surface area contributed by atoms with Gasteiger partial charge < -0.3 is 0 Å². The summed E-state index contributed by atoms with van der Waals surface area (Å²) in [5.41, 5.74) is 2.30. The lowest BCUT2D eigenvalue weighted by molar-refractivity contribution is 0.542. The summed E-state index contributed by atoms with van der Waals surface area (Å²) in [7, 11) is 0. The van der Waals surface area contributed by atoms with Crippen molar-refractivity contribution in [1.29, 1.82) is 10.5 Å². The van der Waals surface area contributed by atoms with Gasteiger partial charge >= 0.3 is 0 Å². The lowest BCUT2D eigenvalue weighted by Gasteiger charge is -2.16. The van der Waals surface area contributed by atoms with Gasteiger partial charge in [0, 0.05) is 12.6 Å². The van der Waals surface area contributed by atoms with Crippen molar-refractivity contribution in [2.24, 2.45) is 0 Å². The summed E-state index contributed by atoms with van der Waals surface area (Å²) in [4.78, 5) is 0. The minimum absolute atomic E-state index is 0.142. The molecule has 3 unspecified atom stereocenters. The third-order valence-corrected chi connectivity index (χ3v) is 2.98. The van der Waals surface area contributed by atoms with Gasteiger partial charge in [-0.1, -0.05) is 24.3 Å². The van der Waals surface area contributed by atoms with Crippen molar-refractivity contribution in [2.45, 2.75) is 45.4 Å². The maximum absolute atomic E-state index is 8.77. The van der Waals surface area contributed by atoms with Crippen LogP contribution in [0.4, 0.5) is 0 Å². The van der Waals surface area contributed by atoms with E-state index < -0.39 is 0 Å². The SMILES string of the molecule is CC(C#N)NCc1ccc(C(C)NC(C)C#N)cc1. The molecule has 0 aliphatic rings. The summed E-state index contributed by atoms with van der Waals surface area (Å²) in [6.07, 6.45) is 0. The molecule has 0 saturated carbocycles. The maximum Gasteiger partial charge on any atom is 0.0929 e. The molecular weight excluding hydrogens is 236 g/mol. The molecule has 1 aromatic rings. The predicted molar refractivity (Wildman–Crippen MR) is 75.0 cm³/mol. The standard InChI is InChI=1S/C15H20N4/c1-11(8-16)18-10-14-4-6-15(7-5-14)13(3)19-12(2)9-17/h4-7,11-13,18-19H,10H2,1-3H3. The molecule has 0 aliphatic heterocycles. The number of nitrogens with one attached hydrogen (secondary N) is 2. The van der Waals surface area contributed by atoms with Crippen LogP contribution in [-0.2, 0) is 6.54 Å². The van der Waals surface area contributed by atoms with Crippen LogP contribution in [0.5, 0.6) is 0 Å². The zero-order valence-electron chi connectivity index (χ0n) is 11.6. The lowest BCUT2D eigenvalue weighted by atomic mass is 10.1. The van der Waals surface area contributed by atoms with Crippen molar-refractivity contribution in [3.05, 3.63) is 35.4 Å². The van der Waals surface area contributed by atoms with Gasteiger partial charge in [0.25, 0.3) is 0 Å². The highest BCUT2D eigenvalue weighted by Crippen LogP contribution is 2.14. The van der Waals surface area contributed by atoms with Crippen LogP contribution in [0.25, 0.3) is 0 Å². The molecule has 100 valence electrons. The van der Waals surface area contributed by atoms with Crippen molar-refractivity contribution < 1.29 is 0 Å². The van der Waals surface area contributed by atoms with Crippen LogP contribution in [0.15, 0.2) is 24.3 Å². The first-order valence-corrected chi connectivity index (χ1v) is 6.44. The molecule has 2 N–H and O–H groups in total. The van der Waals surface area contributed by atoms with Crippen molar-refractivity contribution >= 4 is 0 Å². The molecule has 4 nitrogen and oxygen atoms in total. The van der Waals surface area contributed by atoms with Crippen LogP contribution in [0.3, 0.4) is 0 Å². The van der Waals surface area contributed by atoms with Crippen LogP contribution in [0.2, 0.25) is 0 Å². The predicted octanol–water partition coefficient (Wildman–Crippen LogP) is 2.25. The van der Waals surface area contributed by atoms with E-state index >= 15 is 0 Å². The smallest absolute Gasteiger partial charge is 0.0929 e. The second-order valence-electron chi connectivity index (χ2n) is 4.71.